The summed E-state index contributed by atoms with van der Waals surface area (Å²) in [5.74, 6) is -3.49. The van der Waals surface area contributed by atoms with Gasteiger partial charge in [0.15, 0.2) is 11.6 Å². The van der Waals surface area contributed by atoms with E-state index in [0.29, 0.717) is 51.4 Å². The lowest BCUT2D eigenvalue weighted by Crippen LogP contribution is -2.49. The monoisotopic (exact) mass is 459 g/mol. The van der Waals surface area contributed by atoms with E-state index in [1.54, 1.807) is 4.90 Å². The first-order valence-corrected chi connectivity index (χ1v) is 11.3. The highest BCUT2D eigenvalue weighted by molar-refractivity contribution is 6.07. The molecule has 1 heterocycles. The Hall–Kier alpha value is -2.87. The highest BCUT2D eigenvalue weighted by Gasteiger charge is 2.58. The largest absolute Gasteiger partial charge is 0.351 e. The van der Waals surface area contributed by atoms with Gasteiger partial charge in [0.05, 0.1) is 0 Å². The molecule has 1 atom stereocenters. The van der Waals surface area contributed by atoms with Crippen molar-refractivity contribution in [2.24, 2.45) is 17.1 Å². The van der Waals surface area contributed by atoms with Crippen LogP contribution < -0.4 is 11.1 Å². The van der Waals surface area contributed by atoms with E-state index in [2.05, 4.69) is 5.32 Å². The van der Waals surface area contributed by atoms with Gasteiger partial charge < -0.3 is 16.0 Å². The predicted octanol–water partition coefficient (Wildman–Crippen LogP) is 3.31. The fraction of sp³-hybridized carbons (Fsp3) is 0.440. The minimum atomic E-state index is -1.22. The molecule has 1 saturated carbocycles. The summed E-state index contributed by atoms with van der Waals surface area (Å²) in [5.41, 5.74) is 6.30. The Labute approximate surface area is 191 Å². The molecule has 4 rings (SSSR count). The van der Waals surface area contributed by atoms with E-state index in [1.807, 2.05) is 30.3 Å². The molecule has 3 N–H and O–H groups in total. The minimum absolute atomic E-state index is 0.0172. The Morgan fingerprint density at radius 2 is 1.67 bits per heavy atom. The van der Waals surface area contributed by atoms with E-state index in [-0.39, 0.29) is 29.7 Å². The maximum atomic E-state index is 14.0. The van der Waals surface area contributed by atoms with E-state index in [1.165, 1.54) is 0 Å². The molecule has 0 bridgehead atoms. The van der Waals surface area contributed by atoms with Crippen LogP contribution in [0, 0.1) is 28.8 Å². The number of piperidine rings is 1. The second-order valence-electron chi connectivity index (χ2n) is 9.11. The molecule has 2 aromatic carbocycles. The highest BCUT2D eigenvalue weighted by Crippen LogP contribution is 2.48. The second-order valence-corrected chi connectivity index (χ2v) is 9.11. The van der Waals surface area contributed by atoms with Crippen LogP contribution in [0.2, 0.25) is 0 Å². The lowest BCUT2D eigenvalue weighted by molar-refractivity contribution is -0.145. The third-order valence-corrected chi connectivity index (χ3v) is 6.87. The fourth-order valence-corrected chi connectivity index (χ4v) is 4.58. The van der Waals surface area contributed by atoms with Crippen molar-refractivity contribution in [3.8, 4) is 0 Å². The molecule has 5 nitrogen and oxygen atoms in total. The predicted molar refractivity (Wildman–Crippen MR) is 117 cm³/mol. The second kappa shape index (κ2) is 9.55. The van der Waals surface area contributed by atoms with Crippen molar-refractivity contribution in [2.45, 2.75) is 44.7 Å². The fourth-order valence-electron chi connectivity index (χ4n) is 4.58. The molecule has 2 aromatic rings. The molecule has 1 aliphatic heterocycles. The first kappa shape index (κ1) is 23.3. The molecule has 0 unspecified atom stereocenters. The zero-order valence-corrected chi connectivity index (χ0v) is 18.3. The average molecular weight is 460 g/mol. The molecule has 1 aliphatic carbocycles. The molecule has 0 spiro atoms. The van der Waals surface area contributed by atoms with Crippen LogP contribution >= 0.6 is 0 Å². The number of benzene rings is 2. The van der Waals surface area contributed by atoms with Gasteiger partial charge in [0.1, 0.15) is 11.2 Å². The van der Waals surface area contributed by atoms with Crippen molar-refractivity contribution in [3.63, 3.8) is 0 Å². The maximum Gasteiger partial charge on any atom is 0.238 e. The van der Waals surface area contributed by atoms with E-state index in [4.69, 9.17) is 5.73 Å². The van der Waals surface area contributed by atoms with Crippen molar-refractivity contribution < 1.29 is 22.8 Å². The van der Waals surface area contributed by atoms with Gasteiger partial charge in [-0.2, -0.15) is 0 Å². The van der Waals surface area contributed by atoms with E-state index < -0.39 is 28.9 Å². The Bertz CT molecular complexity index is 1020. The van der Waals surface area contributed by atoms with Crippen molar-refractivity contribution >= 4 is 11.8 Å². The number of hydrogen-bond donors (Lipinski definition) is 2. The highest BCUT2D eigenvalue weighted by atomic mass is 19.2. The van der Waals surface area contributed by atoms with Crippen molar-refractivity contribution in [1.82, 2.24) is 10.2 Å². The number of carbonyl (C=O) groups excluding carboxylic acids is 2. The van der Waals surface area contributed by atoms with Crippen LogP contribution in [-0.4, -0.2) is 35.8 Å². The molecule has 2 fully saturated rings. The Kier molecular flexibility index (Phi) is 6.74. The van der Waals surface area contributed by atoms with Crippen LogP contribution in [0.4, 0.5) is 13.2 Å². The Morgan fingerprint density at radius 1 is 1.03 bits per heavy atom. The number of halogens is 3. The number of carbonyl (C=O) groups is 2. The van der Waals surface area contributed by atoms with Crippen LogP contribution in [0.5, 0.6) is 0 Å². The van der Waals surface area contributed by atoms with Gasteiger partial charge in [0.2, 0.25) is 11.8 Å². The molecule has 0 aromatic heterocycles. The van der Waals surface area contributed by atoms with E-state index in [9.17, 15) is 22.8 Å². The summed E-state index contributed by atoms with van der Waals surface area (Å²) in [5, 5.41) is 2.89. The van der Waals surface area contributed by atoms with Gasteiger partial charge >= 0.3 is 0 Å². The van der Waals surface area contributed by atoms with Crippen molar-refractivity contribution in [1.29, 1.82) is 0 Å². The van der Waals surface area contributed by atoms with E-state index in [0.717, 1.165) is 11.6 Å². The van der Waals surface area contributed by atoms with Crippen LogP contribution in [0.15, 0.2) is 42.5 Å². The number of rotatable bonds is 7. The first-order valence-electron chi connectivity index (χ1n) is 11.3. The number of nitrogens with zero attached hydrogens (tertiary/aromatic N) is 1. The van der Waals surface area contributed by atoms with Crippen LogP contribution in [0.25, 0.3) is 0 Å². The lowest BCUT2D eigenvalue weighted by Gasteiger charge is -2.36. The zero-order chi connectivity index (χ0) is 23.6. The molecule has 176 valence electrons. The summed E-state index contributed by atoms with van der Waals surface area (Å²) in [6.07, 6.45) is 2.40. The quantitative estimate of drug-likeness (QED) is 0.493. The normalized spacial score (nSPS) is 18.6. The Balaban J connectivity index is 1.29. The third-order valence-electron chi connectivity index (χ3n) is 6.87. The summed E-state index contributed by atoms with van der Waals surface area (Å²) in [6, 6.07) is 10.5. The maximum absolute atomic E-state index is 14.0. The van der Waals surface area contributed by atoms with Crippen LogP contribution in [0.3, 0.4) is 0 Å². The summed E-state index contributed by atoms with van der Waals surface area (Å²) in [4.78, 5) is 27.6. The Morgan fingerprint density at radius 3 is 2.30 bits per heavy atom. The SMILES string of the molecule is N[C@H](Cc1cc(F)c(F)cc1F)C1CCN(C(=O)C2(C(=O)NCc3ccccc3)CC2)CC1. The summed E-state index contributed by atoms with van der Waals surface area (Å²) in [7, 11) is 0. The number of amides is 2. The van der Waals surface area contributed by atoms with Gasteiger partial charge in [-0.3, -0.25) is 9.59 Å². The van der Waals surface area contributed by atoms with Gasteiger partial charge in [-0.25, -0.2) is 13.2 Å². The first-order chi connectivity index (χ1) is 15.8. The van der Waals surface area contributed by atoms with Crippen LogP contribution in [0.1, 0.15) is 36.8 Å². The van der Waals surface area contributed by atoms with Gasteiger partial charge in [-0.1, -0.05) is 30.3 Å². The van der Waals surface area contributed by atoms with Gasteiger partial charge in [0.25, 0.3) is 0 Å². The van der Waals surface area contributed by atoms with Crippen molar-refractivity contribution in [3.05, 3.63) is 71.0 Å². The molecule has 1 saturated heterocycles. The van der Waals surface area contributed by atoms with Crippen molar-refractivity contribution in [2.75, 3.05) is 13.1 Å². The molecule has 0 radical (unpaired) electrons. The molecule has 8 heteroatoms. The number of nitrogens with two attached hydrogens (primary N) is 1. The topological polar surface area (TPSA) is 75.4 Å². The summed E-state index contributed by atoms with van der Waals surface area (Å²) in [6.45, 7) is 1.31. The lowest BCUT2D eigenvalue weighted by atomic mass is 9.86. The summed E-state index contributed by atoms with van der Waals surface area (Å²) < 4.78 is 40.6. The molecule has 2 aliphatic rings. The standard InChI is InChI=1S/C25H28F3N3O2/c26-19-14-21(28)20(27)12-18(19)13-22(29)17-6-10-31(11-7-17)24(33)25(8-9-25)23(32)30-15-16-4-2-1-3-5-16/h1-5,12,14,17,22H,6-11,13,15,29H2,(H,30,32)/t22-/m1/s1. The zero-order valence-electron chi connectivity index (χ0n) is 18.3. The van der Waals surface area contributed by atoms with Crippen LogP contribution in [-0.2, 0) is 22.6 Å². The minimum Gasteiger partial charge on any atom is -0.351 e. The number of likely N-dealkylation sites (tertiary alicyclic amines) is 1. The van der Waals surface area contributed by atoms with E-state index >= 15 is 0 Å². The molecular weight excluding hydrogens is 431 g/mol. The van der Waals surface area contributed by atoms with Gasteiger partial charge in [-0.05, 0) is 55.2 Å². The van der Waals surface area contributed by atoms with Gasteiger partial charge in [-0.15, -0.1) is 0 Å². The molecule has 33 heavy (non-hydrogen) atoms. The molecule has 2 amide bonds. The third kappa shape index (κ3) is 5.05. The average Bonchev–Trinajstić information content (AvgIpc) is 3.63. The smallest absolute Gasteiger partial charge is 0.238 e. The summed E-state index contributed by atoms with van der Waals surface area (Å²) >= 11 is 0. The molecular formula is C25H28F3N3O2. The number of nitrogens with one attached hydrogen (secondary N) is 1. The number of hydrogen-bond acceptors (Lipinski definition) is 3. The van der Waals surface area contributed by atoms with Gasteiger partial charge in [0, 0.05) is 31.7 Å².